The van der Waals surface area contributed by atoms with Crippen LogP contribution in [0.15, 0.2) is 65.6 Å². The summed E-state index contributed by atoms with van der Waals surface area (Å²) in [4.78, 5) is 12.5. The molecule has 1 atom stereocenters. The van der Waals surface area contributed by atoms with Gasteiger partial charge in [0.1, 0.15) is 5.82 Å². The van der Waals surface area contributed by atoms with E-state index in [1.807, 2.05) is 28.8 Å². The highest BCUT2D eigenvalue weighted by Crippen LogP contribution is 2.37. The number of benzene rings is 2. The lowest BCUT2D eigenvalue weighted by Crippen LogP contribution is -2.13. The average molecular weight is 384 g/mol. The molecule has 7 heteroatoms. The van der Waals surface area contributed by atoms with Crippen LogP contribution >= 0.6 is 0 Å². The summed E-state index contributed by atoms with van der Waals surface area (Å²) in [6, 6.07) is 16.3. The molecule has 1 aliphatic heterocycles. The number of primary sulfonamides is 1. The fourth-order valence-corrected chi connectivity index (χ4v) is 4.19. The molecule has 4 rings (SSSR count). The molecule has 2 aromatic carbocycles. The molecule has 0 saturated carbocycles. The smallest absolute Gasteiger partial charge is 0.238 e. The Kier molecular flexibility index (Phi) is 4.20. The maximum absolute atomic E-state index is 14.6. The Morgan fingerprint density at radius 2 is 1.81 bits per heavy atom. The quantitative estimate of drug-likeness (QED) is 0.702. The molecular weight excluding hydrogens is 367 g/mol. The minimum Gasteiger partial charge on any atom is -0.341 e. The SMILES string of the molecule is NS(=O)(=O)c1ccc(C2CCn3c(C(=O)c4ccccc4)ccc32)c(F)c1. The second-order valence-electron chi connectivity index (χ2n) is 6.56. The van der Waals surface area contributed by atoms with Crippen LogP contribution in [0.5, 0.6) is 0 Å². The van der Waals surface area contributed by atoms with E-state index in [1.165, 1.54) is 12.1 Å². The third-order valence-corrected chi connectivity index (χ3v) is 5.87. The van der Waals surface area contributed by atoms with Gasteiger partial charge in [-0.1, -0.05) is 36.4 Å². The van der Waals surface area contributed by atoms with Crippen LogP contribution in [-0.2, 0) is 16.6 Å². The Balaban J connectivity index is 1.70. The van der Waals surface area contributed by atoms with Gasteiger partial charge in [0.25, 0.3) is 0 Å². The van der Waals surface area contributed by atoms with Crippen LogP contribution in [0.4, 0.5) is 4.39 Å². The maximum Gasteiger partial charge on any atom is 0.238 e. The first-order valence-corrected chi connectivity index (χ1v) is 10.0. The lowest BCUT2D eigenvalue weighted by atomic mass is 9.94. The van der Waals surface area contributed by atoms with Crippen molar-refractivity contribution in [1.82, 2.24) is 4.57 Å². The van der Waals surface area contributed by atoms with Crippen molar-refractivity contribution in [2.45, 2.75) is 23.8 Å². The maximum atomic E-state index is 14.6. The molecule has 0 radical (unpaired) electrons. The van der Waals surface area contributed by atoms with Crippen molar-refractivity contribution < 1.29 is 17.6 Å². The van der Waals surface area contributed by atoms with Crippen LogP contribution in [-0.4, -0.2) is 18.8 Å². The molecule has 0 spiro atoms. The molecule has 138 valence electrons. The Morgan fingerprint density at radius 1 is 1.07 bits per heavy atom. The molecule has 3 aromatic rings. The fraction of sp³-hybridized carbons (Fsp3) is 0.150. The number of hydrogen-bond acceptors (Lipinski definition) is 3. The standard InChI is InChI=1S/C20H17FN2O3S/c21-17-12-14(27(22,25)26)6-7-15(17)16-10-11-23-18(16)8-9-19(23)20(24)13-4-2-1-3-5-13/h1-9,12,16H,10-11H2,(H2,22,25,26). The molecule has 2 N–H and O–H groups in total. The topological polar surface area (TPSA) is 82.2 Å². The monoisotopic (exact) mass is 384 g/mol. The summed E-state index contributed by atoms with van der Waals surface area (Å²) in [7, 11) is -3.95. The van der Waals surface area contributed by atoms with Crippen LogP contribution in [0.1, 0.15) is 39.6 Å². The van der Waals surface area contributed by atoms with Crippen LogP contribution < -0.4 is 5.14 Å². The average Bonchev–Trinajstić information content (AvgIpc) is 3.23. The van der Waals surface area contributed by atoms with Gasteiger partial charge in [-0.25, -0.2) is 17.9 Å². The second-order valence-corrected chi connectivity index (χ2v) is 8.12. The molecule has 0 aliphatic carbocycles. The summed E-state index contributed by atoms with van der Waals surface area (Å²) in [5, 5.41) is 5.06. The number of fused-ring (bicyclic) bond motifs is 1. The van der Waals surface area contributed by atoms with E-state index in [1.54, 1.807) is 18.2 Å². The van der Waals surface area contributed by atoms with E-state index < -0.39 is 15.8 Å². The summed E-state index contributed by atoms with van der Waals surface area (Å²) < 4.78 is 39.3. The summed E-state index contributed by atoms with van der Waals surface area (Å²) in [5.41, 5.74) is 2.42. The van der Waals surface area contributed by atoms with Crippen molar-refractivity contribution in [2.24, 2.45) is 5.14 Å². The third kappa shape index (κ3) is 3.09. The van der Waals surface area contributed by atoms with Crippen LogP contribution in [0.25, 0.3) is 0 Å². The molecule has 27 heavy (non-hydrogen) atoms. The molecule has 2 heterocycles. The van der Waals surface area contributed by atoms with Gasteiger partial charge in [0.2, 0.25) is 15.8 Å². The summed E-state index contributed by atoms with van der Waals surface area (Å²) in [6.45, 7) is 0.595. The van der Waals surface area contributed by atoms with E-state index in [0.29, 0.717) is 29.8 Å². The minimum atomic E-state index is -3.95. The third-order valence-electron chi connectivity index (χ3n) is 4.96. The number of carbonyl (C=O) groups excluding carboxylic acids is 1. The zero-order valence-corrected chi connectivity index (χ0v) is 15.1. The van der Waals surface area contributed by atoms with E-state index in [0.717, 1.165) is 11.8 Å². The molecule has 1 unspecified atom stereocenters. The first-order chi connectivity index (χ1) is 12.9. The zero-order chi connectivity index (χ0) is 19.2. The molecule has 1 aromatic heterocycles. The van der Waals surface area contributed by atoms with E-state index >= 15 is 0 Å². The Morgan fingerprint density at radius 3 is 2.48 bits per heavy atom. The largest absolute Gasteiger partial charge is 0.341 e. The lowest BCUT2D eigenvalue weighted by molar-refractivity contribution is 0.103. The first kappa shape index (κ1) is 17.6. The highest BCUT2D eigenvalue weighted by atomic mass is 32.2. The molecule has 0 saturated heterocycles. The van der Waals surface area contributed by atoms with Gasteiger partial charge < -0.3 is 4.57 Å². The minimum absolute atomic E-state index is 0.0763. The number of ketones is 1. The summed E-state index contributed by atoms with van der Waals surface area (Å²) in [5.74, 6) is -0.929. The van der Waals surface area contributed by atoms with Gasteiger partial charge in [-0.3, -0.25) is 4.79 Å². The summed E-state index contributed by atoms with van der Waals surface area (Å²) in [6.07, 6.45) is 0.636. The van der Waals surface area contributed by atoms with Gasteiger partial charge in [-0.05, 0) is 36.2 Å². The van der Waals surface area contributed by atoms with Crippen molar-refractivity contribution in [1.29, 1.82) is 0 Å². The van der Waals surface area contributed by atoms with E-state index in [-0.39, 0.29) is 16.6 Å². The molecule has 0 amide bonds. The van der Waals surface area contributed by atoms with Crippen LogP contribution in [0, 0.1) is 5.82 Å². The fourth-order valence-electron chi connectivity index (χ4n) is 3.66. The second kappa shape index (κ2) is 6.44. The Bertz CT molecular complexity index is 1140. The summed E-state index contributed by atoms with van der Waals surface area (Å²) >= 11 is 0. The first-order valence-electron chi connectivity index (χ1n) is 8.47. The zero-order valence-electron chi connectivity index (χ0n) is 14.3. The van der Waals surface area contributed by atoms with Crippen molar-refractivity contribution in [2.75, 3.05) is 0 Å². The number of rotatable bonds is 4. The van der Waals surface area contributed by atoms with Gasteiger partial charge in [0, 0.05) is 23.7 Å². The van der Waals surface area contributed by atoms with Gasteiger partial charge in [0.05, 0.1) is 10.6 Å². The number of nitrogens with two attached hydrogens (primary N) is 1. The number of halogens is 1. The lowest BCUT2D eigenvalue weighted by Gasteiger charge is -2.12. The van der Waals surface area contributed by atoms with Crippen molar-refractivity contribution in [3.05, 3.63) is 89.0 Å². The number of nitrogens with zero attached hydrogens (tertiary/aromatic N) is 1. The normalized spacial score (nSPS) is 16.3. The highest BCUT2D eigenvalue weighted by Gasteiger charge is 2.30. The molecule has 0 fully saturated rings. The van der Waals surface area contributed by atoms with Gasteiger partial charge in [0.15, 0.2) is 0 Å². The molecule has 0 bridgehead atoms. The van der Waals surface area contributed by atoms with Gasteiger partial charge >= 0.3 is 0 Å². The van der Waals surface area contributed by atoms with Gasteiger partial charge in [-0.15, -0.1) is 0 Å². The van der Waals surface area contributed by atoms with Crippen molar-refractivity contribution >= 4 is 15.8 Å². The van der Waals surface area contributed by atoms with Crippen molar-refractivity contribution in [3.63, 3.8) is 0 Å². The Hall–Kier alpha value is -2.77. The van der Waals surface area contributed by atoms with E-state index in [2.05, 4.69) is 0 Å². The highest BCUT2D eigenvalue weighted by molar-refractivity contribution is 7.89. The van der Waals surface area contributed by atoms with Crippen molar-refractivity contribution in [3.8, 4) is 0 Å². The predicted molar refractivity (Wildman–Crippen MR) is 98.5 cm³/mol. The van der Waals surface area contributed by atoms with E-state index in [4.69, 9.17) is 5.14 Å². The molecule has 5 nitrogen and oxygen atoms in total. The van der Waals surface area contributed by atoms with Gasteiger partial charge in [-0.2, -0.15) is 0 Å². The number of sulfonamides is 1. The number of hydrogen-bond donors (Lipinski definition) is 1. The van der Waals surface area contributed by atoms with Crippen LogP contribution in [0.2, 0.25) is 0 Å². The number of aromatic nitrogens is 1. The molecular formula is C20H17FN2O3S. The Labute approximate surface area is 156 Å². The predicted octanol–water partition coefficient (Wildman–Crippen LogP) is 3.04. The van der Waals surface area contributed by atoms with Crippen LogP contribution in [0.3, 0.4) is 0 Å². The number of carbonyl (C=O) groups is 1. The molecule has 1 aliphatic rings. The van der Waals surface area contributed by atoms with E-state index in [9.17, 15) is 17.6 Å².